The van der Waals surface area contributed by atoms with E-state index in [4.69, 9.17) is 10.5 Å². The number of hydrogen-bond acceptors (Lipinski definition) is 3. The fourth-order valence-electron chi connectivity index (χ4n) is 3.02. The predicted molar refractivity (Wildman–Crippen MR) is 80.1 cm³/mol. The SMILES string of the molecule is CCOC1(c2cccc(N)c2)CCN(C(C)C)CC1. The van der Waals surface area contributed by atoms with Crippen molar-refractivity contribution in [2.75, 3.05) is 25.4 Å². The highest BCUT2D eigenvalue weighted by atomic mass is 16.5. The summed E-state index contributed by atoms with van der Waals surface area (Å²) in [6.45, 7) is 9.51. The van der Waals surface area contributed by atoms with Crippen LogP contribution in [0.3, 0.4) is 0 Å². The number of nitrogen functional groups attached to an aromatic ring is 1. The lowest BCUT2D eigenvalue weighted by Gasteiger charge is -2.43. The zero-order chi connectivity index (χ0) is 13.9. The number of ether oxygens (including phenoxy) is 1. The molecule has 1 aromatic carbocycles. The molecule has 1 aromatic rings. The van der Waals surface area contributed by atoms with Crippen LogP contribution < -0.4 is 5.73 Å². The van der Waals surface area contributed by atoms with Crippen molar-refractivity contribution < 1.29 is 4.74 Å². The first-order valence-corrected chi connectivity index (χ1v) is 7.31. The van der Waals surface area contributed by atoms with Gasteiger partial charge in [0, 0.05) is 31.4 Å². The molecular weight excluding hydrogens is 236 g/mol. The van der Waals surface area contributed by atoms with Gasteiger partial charge < -0.3 is 15.4 Å². The lowest BCUT2D eigenvalue weighted by molar-refractivity contribution is -0.0885. The molecule has 0 saturated carbocycles. The first kappa shape index (κ1) is 14.4. The third kappa shape index (κ3) is 3.10. The smallest absolute Gasteiger partial charge is 0.0956 e. The third-order valence-electron chi connectivity index (χ3n) is 4.17. The number of benzene rings is 1. The van der Waals surface area contributed by atoms with Crippen molar-refractivity contribution >= 4 is 5.69 Å². The minimum atomic E-state index is -0.143. The van der Waals surface area contributed by atoms with E-state index < -0.39 is 0 Å². The van der Waals surface area contributed by atoms with Crippen LogP contribution >= 0.6 is 0 Å². The molecule has 0 spiro atoms. The topological polar surface area (TPSA) is 38.5 Å². The van der Waals surface area contributed by atoms with Crippen molar-refractivity contribution in [3.05, 3.63) is 29.8 Å². The van der Waals surface area contributed by atoms with Crippen molar-refractivity contribution in [3.8, 4) is 0 Å². The Balaban J connectivity index is 2.20. The molecule has 0 atom stereocenters. The lowest BCUT2D eigenvalue weighted by atomic mass is 9.83. The molecule has 3 nitrogen and oxygen atoms in total. The number of nitrogens with two attached hydrogens (primary N) is 1. The summed E-state index contributed by atoms with van der Waals surface area (Å²) >= 11 is 0. The maximum Gasteiger partial charge on any atom is 0.0956 e. The summed E-state index contributed by atoms with van der Waals surface area (Å²) in [4.78, 5) is 2.52. The minimum absolute atomic E-state index is 0.143. The number of anilines is 1. The van der Waals surface area contributed by atoms with Gasteiger partial charge in [-0.25, -0.2) is 0 Å². The first-order chi connectivity index (χ1) is 9.07. The Labute approximate surface area is 116 Å². The molecule has 3 heteroatoms. The number of piperidine rings is 1. The molecule has 1 saturated heterocycles. The summed E-state index contributed by atoms with van der Waals surface area (Å²) in [6.07, 6.45) is 2.09. The van der Waals surface area contributed by atoms with Crippen LogP contribution in [0.4, 0.5) is 5.69 Å². The second-order valence-electron chi connectivity index (χ2n) is 5.68. The van der Waals surface area contributed by atoms with Crippen molar-refractivity contribution in [2.45, 2.75) is 45.3 Å². The first-order valence-electron chi connectivity index (χ1n) is 7.31. The molecule has 0 radical (unpaired) electrons. The molecule has 1 aliphatic heterocycles. The van der Waals surface area contributed by atoms with Crippen LogP contribution in [0.15, 0.2) is 24.3 Å². The molecule has 0 aromatic heterocycles. The van der Waals surface area contributed by atoms with Crippen LogP contribution in [0.25, 0.3) is 0 Å². The summed E-state index contributed by atoms with van der Waals surface area (Å²) in [5.41, 5.74) is 7.84. The van der Waals surface area contributed by atoms with Crippen molar-refractivity contribution in [3.63, 3.8) is 0 Å². The van der Waals surface area contributed by atoms with E-state index in [9.17, 15) is 0 Å². The van der Waals surface area contributed by atoms with Gasteiger partial charge >= 0.3 is 0 Å². The maximum atomic E-state index is 6.16. The quantitative estimate of drug-likeness (QED) is 0.848. The Bertz CT molecular complexity index is 409. The molecular formula is C16H26N2O. The van der Waals surface area contributed by atoms with Crippen molar-refractivity contribution in [2.24, 2.45) is 0 Å². The second kappa shape index (κ2) is 5.93. The zero-order valence-corrected chi connectivity index (χ0v) is 12.4. The number of hydrogen-bond donors (Lipinski definition) is 1. The van der Waals surface area contributed by atoms with Gasteiger partial charge in [0.2, 0.25) is 0 Å². The van der Waals surface area contributed by atoms with Gasteiger partial charge in [-0.3, -0.25) is 0 Å². The fraction of sp³-hybridized carbons (Fsp3) is 0.625. The molecule has 0 bridgehead atoms. The Morgan fingerprint density at radius 2 is 2.00 bits per heavy atom. The van der Waals surface area contributed by atoms with Gasteiger partial charge in [-0.05, 0) is 51.3 Å². The standard InChI is InChI=1S/C16H26N2O/c1-4-19-16(14-6-5-7-15(17)12-14)8-10-18(11-9-16)13(2)3/h5-7,12-13H,4,8-11,17H2,1-3H3. The Hall–Kier alpha value is -1.06. The van der Waals surface area contributed by atoms with Crippen LogP contribution in [-0.2, 0) is 10.3 Å². The Morgan fingerprint density at radius 1 is 1.32 bits per heavy atom. The average Bonchev–Trinajstić information content (AvgIpc) is 2.39. The van der Waals surface area contributed by atoms with Crippen LogP contribution in [0.1, 0.15) is 39.2 Å². The molecule has 2 N–H and O–H groups in total. The maximum absolute atomic E-state index is 6.16. The van der Waals surface area contributed by atoms with Gasteiger partial charge in [-0.2, -0.15) is 0 Å². The molecule has 0 unspecified atom stereocenters. The molecule has 106 valence electrons. The van der Waals surface area contributed by atoms with Crippen molar-refractivity contribution in [1.82, 2.24) is 4.90 Å². The van der Waals surface area contributed by atoms with Crippen LogP contribution in [0.2, 0.25) is 0 Å². The lowest BCUT2D eigenvalue weighted by Crippen LogP contribution is -2.46. The largest absolute Gasteiger partial charge is 0.399 e. The predicted octanol–water partition coefficient (Wildman–Crippen LogP) is 3.00. The second-order valence-corrected chi connectivity index (χ2v) is 5.68. The average molecular weight is 262 g/mol. The summed E-state index contributed by atoms with van der Waals surface area (Å²) in [6, 6.07) is 8.80. The molecule has 1 heterocycles. The summed E-state index contributed by atoms with van der Waals surface area (Å²) in [5, 5.41) is 0. The Morgan fingerprint density at radius 3 is 2.53 bits per heavy atom. The monoisotopic (exact) mass is 262 g/mol. The van der Waals surface area contributed by atoms with E-state index in [-0.39, 0.29) is 5.60 Å². The molecule has 1 fully saturated rings. The fourth-order valence-corrected chi connectivity index (χ4v) is 3.02. The van der Waals surface area contributed by atoms with Gasteiger partial charge in [-0.1, -0.05) is 12.1 Å². The van der Waals surface area contributed by atoms with E-state index >= 15 is 0 Å². The third-order valence-corrected chi connectivity index (χ3v) is 4.17. The van der Waals surface area contributed by atoms with Crippen LogP contribution in [-0.4, -0.2) is 30.6 Å². The van der Waals surface area contributed by atoms with E-state index in [2.05, 4.69) is 37.8 Å². The van der Waals surface area contributed by atoms with Gasteiger partial charge in [0.25, 0.3) is 0 Å². The molecule has 19 heavy (non-hydrogen) atoms. The minimum Gasteiger partial charge on any atom is -0.399 e. The van der Waals surface area contributed by atoms with E-state index in [0.29, 0.717) is 6.04 Å². The molecule has 2 rings (SSSR count). The van der Waals surface area contributed by atoms with Gasteiger partial charge in [0.15, 0.2) is 0 Å². The van der Waals surface area contributed by atoms with E-state index in [1.165, 1.54) is 5.56 Å². The highest BCUT2D eigenvalue weighted by Gasteiger charge is 2.37. The molecule has 0 aliphatic carbocycles. The van der Waals surface area contributed by atoms with Crippen LogP contribution in [0, 0.1) is 0 Å². The highest BCUT2D eigenvalue weighted by molar-refractivity contribution is 5.43. The number of nitrogens with zero attached hydrogens (tertiary/aromatic N) is 1. The van der Waals surface area contributed by atoms with E-state index in [1.807, 2.05) is 12.1 Å². The summed E-state index contributed by atoms with van der Waals surface area (Å²) in [5.74, 6) is 0. The molecule has 0 amide bonds. The zero-order valence-electron chi connectivity index (χ0n) is 12.4. The van der Waals surface area contributed by atoms with Gasteiger partial charge in [-0.15, -0.1) is 0 Å². The normalized spacial score (nSPS) is 19.8. The summed E-state index contributed by atoms with van der Waals surface area (Å²) < 4.78 is 6.16. The van der Waals surface area contributed by atoms with Crippen molar-refractivity contribution in [1.29, 1.82) is 0 Å². The van der Waals surface area contributed by atoms with Gasteiger partial charge in [0.05, 0.1) is 5.60 Å². The number of rotatable bonds is 4. The van der Waals surface area contributed by atoms with Crippen LogP contribution in [0.5, 0.6) is 0 Å². The van der Waals surface area contributed by atoms with Gasteiger partial charge in [0.1, 0.15) is 0 Å². The summed E-state index contributed by atoms with van der Waals surface area (Å²) in [7, 11) is 0. The van der Waals surface area contributed by atoms with E-state index in [0.717, 1.165) is 38.2 Å². The Kier molecular flexibility index (Phi) is 4.48. The van der Waals surface area contributed by atoms with E-state index in [1.54, 1.807) is 0 Å². The molecule has 1 aliphatic rings. The number of likely N-dealkylation sites (tertiary alicyclic amines) is 1. The highest BCUT2D eigenvalue weighted by Crippen LogP contribution is 2.37.